The van der Waals surface area contributed by atoms with Crippen LogP contribution in [-0.2, 0) is 0 Å². The molecule has 0 aliphatic carbocycles. The Kier molecular flexibility index (Phi) is 3.21. The van der Waals surface area contributed by atoms with E-state index in [1.54, 1.807) is 0 Å². The van der Waals surface area contributed by atoms with E-state index in [2.05, 4.69) is 9.97 Å². The van der Waals surface area contributed by atoms with Gasteiger partial charge in [-0.05, 0) is 19.4 Å². The Bertz CT molecular complexity index is 380. The van der Waals surface area contributed by atoms with E-state index in [9.17, 15) is 4.79 Å². The highest BCUT2D eigenvalue weighted by atomic mass is 16.4. The molecule has 0 spiro atoms. The Morgan fingerprint density at radius 1 is 1.53 bits per heavy atom. The number of amides is 1. The van der Waals surface area contributed by atoms with Gasteiger partial charge in [-0.3, -0.25) is 4.90 Å². The van der Waals surface area contributed by atoms with Crippen LogP contribution < -0.4 is 5.73 Å². The van der Waals surface area contributed by atoms with E-state index in [-0.39, 0.29) is 0 Å². The first kappa shape index (κ1) is 11.4. The van der Waals surface area contributed by atoms with Crippen molar-refractivity contribution in [3.63, 3.8) is 0 Å². The first-order chi connectivity index (χ1) is 6.95. The molecule has 1 unspecified atom stereocenters. The highest BCUT2D eigenvalue weighted by Crippen LogP contribution is 2.16. The second kappa shape index (κ2) is 4.22. The van der Waals surface area contributed by atoms with Crippen LogP contribution in [0.15, 0.2) is 6.33 Å². The number of carboxylic acid groups (broad SMARTS) is 1. The molecule has 1 rings (SSSR count). The Morgan fingerprint density at radius 3 is 2.67 bits per heavy atom. The van der Waals surface area contributed by atoms with Gasteiger partial charge in [-0.1, -0.05) is 0 Å². The Balaban J connectivity index is 3.06. The van der Waals surface area contributed by atoms with Gasteiger partial charge < -0.3 is 10.8 Å². The quantitative estimate of drug-likeness (QED) is 0.699. The minimum Gasteiger partial charge on any atom is -0.465 e. The molecule has 1 atom stereocenters. The first-order valence-corrected chi connectivity index (χ1v) is 4.44. The van der Waals surface area contributed by atoms with Crippen LogP contribution in [0, 0.1) is 13.8 Å². The van der Waals surface area contributed by atoms with Gasteiger partial charge in [0.2, 0.25) is 0 Å². The molecule has 15 heavy (non-hydrogen) atoms. The number of nitrogens with zero attached hydrogens (tertiary/aromatic N) is 3. The van der Waals surface area contributed by atoms with Crippen molar-refractivity contribution in [3.05, 3.63) is 23.3 Å². The summed E-state index contributed by atoms with van der Waals surface area (Å²) in [5.74, 6) is 0. The van der Waals surface area contributed by atoms with Crippen LogP contribution in [0.3, 0.4) is 0 Å². The fraction of sp³-hybridized carbons (Fsp3) is 0.444. The lowest BCUT2D eigenvalue weighted by atomic mass is 10.1. The molecule has 0 radical (unpaired) electrons. The maximum absolute atomic E-state index is 10.7. The zero-order valence-electron chi connectivity index (χ0n) is 8.93. The molecule has 6 nitrogen and oxygen atoms in total. The molecule has 0 saturated heterocycles. The van der Waals surface area contributed by atoms with Crippen molar-refractivity contribution in [2.24, 2.45) is 5.73 Å². The Labute approximate surface area is 87.8 Å². The molecule has 0 bridgehead atoms. The van der Waals surface area contributed by atoms with Crippen LogP contribution in [-0.4, -0.2) is 33.1 Å². The number of aryl methyl sites for hydroxylation is 1. The predicted molar refractivity (Wildman–Crippen MR) is 54.2 cm³/mol. The maximum Gasteiger partial charge on any atom is 0.408 e. The van der Waals surface area contributed by atoms with Gasteiger partial charge in [-0.15, -0.1) is 0 Å². The number of hydrogen-bond donors (Lipinski definition) is 2. The maximum atomic E-state index is 10.7. The molecule has 1 amide bonds. The number of nitrogens with two attached hydrogens (primary N) is 1. The smallest absolute Gasteiger partial charge is 0.408 e. The summed E-state index contributed by atoms with van der Waals surface area (Å²) >= 11 is 0. The molecule has 1 aromatic heterocycles. The van der Waals surface area contributed by atoms with Crippen molar-refractivity contribution in [1.29, 1.82) is 0 Å². The topological polar surface area (TPSA) is 92.3 Å². The number of carbonyl (C=O) groups is 1. The summed E-state index contributed by atoms with van der Waals surface area (Å²) in [4.78, 5) is 19.7. The average molecular weight is 210 g/mol. The SMILES string of the molecule is Cc1ncnc(C(N)N(C)C(=O)O)c1C. The van der Waals surface area contributed by atoms with Gasteiger partial charge in [0.1, 0.15) is 12.5 Å². The molecule has 0 saturated carbocycles. The highest BCUT2D eigenvalue weighted by molar-refractivity contribution is 5.65. The van der Waals surface area contributed by atoms with Crippen molar-refractivity contribution in [2.45, 2.75) is 20.0 Å². The lowest BCUT2D eigenvalue weighted by Gasteiger charge is -2.22. The molecule has 0 fully saturated rings. The summed E-state index contributed by atoms with van der Waals surface area (Å²) in [7, 11) is 1.41. The predicted octanol–water partition coefficient (Wildman–Crippen LogP) is 0.661. The van der Waals surface area contributed by atoms with E-state index in [1.807, 2.05) is 13.8 Å². The summed E-state index contributed by atoms with van der Waals surface area (Å²) in [6, 6.07) is 0. The van der Waals surface area contributed by atoms with Crippen LogP contribution in [0.4, 0.5) is 4.79 Å². The summed E-state index contributed by atoms with van der Waals surface area (Å²) in [6.45, 7) is 3.65. The fourth-order valence-corrected chi connectivity index (χ4v) is 1.16. The normalized spacial score (nSPS) is 12.3. The standard InChI is InChI=1S/C9H14N4O2/c1-5-6(2)11-4-12-7(5)8(10)13(3)9(14)15/h4,8H,10H2,1-3H3,(H,14,15). The molecule has 82 valence electrons. The molecule has 1 heterocycles. The van der Waals surface area contributed by atoms with E-state index in [0.717, 1.165) is 16.2 Å². The van der Waals surface area contributed by atoms with E-state index in [4.69, 9.17) is 10.8 Å². The fourth-order valence-electron chi connectivity index (χ4n) is 1.16. The minimum atomic E-state index is -1.09. The summed E-state index contributed by atoms with van der Waals surface area (Å²) in [5.41, 5.74) is 7.92. The van der Waals surface area contributed by atoms with Gasteiger partial charge in [-0.2, -0.15) is 0 Å². The van der Waals surface area contributed by atoms with E-state index < -0.39 is 12.3 Å². The van der Waals surface area contributed by atoms with Crippen molar-refractivity contribution >= 4 is 6.09 Å². The lowest BCUT2D eigenvalue weighted by molar-refractivity contribution is 0.138. The molecule has 0 aliphatic heterocycles. The van der Waals surface area contributed by atoms with Crippen molar-refractivity contribution in [1.82, 2.24) is 14.9 Å². The van der Waals surface area contributed by atoms with Crippen LogP contribution in [0.2, 0.25) is 0 Å². The van der Waals surface area contributed by atoms with Gasteiger partial charge in [0.15, 0.2) is 0 Å². The van der Waals surface area contributed by atoms with Gasteiger partial charge in [0.05, 0.1) is 5.69 Å². The molecular formula is C9H14N4O2. The van der Waals surface area contributed by atoms with Crippen LogP contribution >= 0.6 is 0 Å². The minimum absolute atomic E-state index is 0.535. The van der Waals surface area contributed by atoms with E-state index in [0.29, 0.717) is 5.69 Å². The van der Waals surface area contributed by atoms with Gasteiger partial charge in [0, 0.05) is 12.7 Å². The van der Waals surface area contributed by atoms with Crippen molar-refractivity contribution < 1.29 is 9.90 Å². The third kappa shape index (κ3) is 2.21. The molecular weight excluding hydrogens is 196 g/mol. The van der Waals surface area contributed by atoms with Gasteiger partial charge in [0.25, 0.3) is 0 Å². The van der Waals surface area contributed by atoms with E-state index >= 15 is 0 Å². The Morgan fingerprint density at radius 2 is 2.13 bits per heavy atom. The second-order valence-corrected chi connectivity index (χ2v) is 3.31. The third-order valence-corrected chi connectivity index (χ3v) is 2.37. The highest BCUT2D eigenvalue weighted by Gasteiger charge is 2.20. The van der Waals surface area contributed by atoms with Crippen LogP contribution in [0.25, 0.3) is 0 Å². The lowest BCUT2D eigenvalue weighted by Crippen LogP contribution is -2.36. The van der Waals surface area contributed by atoms with Crippen molar-refractivity contribution in [2.75, 3.05) is 7.05 Å². The average Bonchev–Trinajstić information content (AvgIpc) is 2.20. The number of aromatic nitrogens is 2. The van der Waals surface area contributed by atoms with Crippen molar-refractivity contribution in [3.8, 4) is 0 Å². The summed E-state index contributed by atoms with van der Waals surface area (Å²) < 4.78 is 0. The van der Waals surface area contributed by atoms with Crippen LogP contribution in [0.1, 0.15) is 23.1 Å². The van der Waals surface area contributed by atoms with E-state index in [1.165, 1.54) is 13.4 Å². The zero-order chi connectivity index (χ0) is 11.6. The largest absolute Gasteiger partial charge is 0.465 e. The summed E-state index contributed by atoms with van der Waals surface area (Å²) in [5, 5.41) is 8.78. The molecule has 0 aliphatic rings. The molecule has 0 aromatic carbocycles. The first-order valence-electron chi connectivity index (χ1n) is 4.44. The van der Waals surface area contributed by atoms with Gasteiger partial charge >= 0.3 is 6.09 Å². The molecule has 1 aromatic rings. The second-order valence-electron chi connectivity index (χ2n) is 3.31. The third-order valence-electron chi connectivity index (χ3n) is 2.37. The zero-order valence-corrected chi connectivity index (χ0v) is 8.93. The Hall–Kier alpha value is -1.69. The number of hydrogen-bond acceptors (Lipinski definition) is 4. The molecule has 6 heteroatoms. The van der Waals surface area contributed by atoms with Gasteiger partial charge in [-0.25, -0.2) is 14.8 Å². The molecule has 3 N–H and O–H groups in total. The number of rotatable bonds is 2. The monoisotopic (exact) mass is 210 g/mol. The summed E-state index contributed by atoms with van der Waals surface area (Å²) in [6.07, 6.45) is -0.463. The van der Waals surface area contributed by atoms with Crippen LogP contribution in [0.5, 0.6) is 0 Å².